The molecule has 132 valence electrons. The fourth-order valence-electron chi connectivity index (χ4n) is 3.04. The molecule has 1 aliphatic rings. The van der Waals surface area contributed by atoms with Gasteiger partial charge in [0.05, 0.1) is 11.6 Å². The Kier molecular flexibility index (Phi) is 5.18. The fraction of sp³-hybridized carbons (Fsp3) is 0.250. The van der Waals surface area contributed by atoms with E-state index < -0.39 is 0 Å². The van der Waals surface area contributed by atoms with E-state index in [1.807, 2.05) is 6.07 Å². The van der Waals surface area contributed by atoms with Gasteiger partial charge in [0.15, 0.2) is 5.78 Å². The predicted octanol–water partition coefficient (Wildman–Crippen LogP) is 3.39. The summed E-state index contributed by atoms with van der Waals surface area (Å²) in [5, 5.41) is 20.9. The van der Waals surface area contributed by atoms with Crippen LogP contribution in [0.3, 0.4) is 0 Å². The number of phenols is 1. The number of phenolic OH excluding ortho intramolecular Hbond substituents is 1. The van der Waals surface area contributed by atoms with Crippen LogP contribution >= 0.6 is 0 Å². The maximum Gasteiger partial charge on any atom is 0.321 e. The molecule has 1 saturated heterocycles. The molecule has 0 bridgehead atoms. The highest BCUT2D eigenvalue weighted by Crippen LogP contribution is 2.23. The van der Waals surface area contributed by atoms with Gasteiger partial charge in [-0.25, -0.2) is 4.79 Å². The third-order valence-electron chi connectivity index (χ3n) is 4.57. The number of carbonyl (C=O) groups excluding carboxylic acids is 2. The predicted molar refractivity (Wildman–Crippen MR) is 96.9 cm³/mol. The van der Waals surface area contributed by atoms with Gasteiger partial charge in [0, 0.05) is 30.3 Å². The molecule has 0 unspecified atom stereocenters. The quantitative estimate of drug-likeness (QED) is 0.831. The second kappa shape index (κ2) is 7.70. The maximum atomic E-state index is 12.5. The van der Waals surface area contributed by atoms with Crippen molar-refractivity contribution in [1.29, 1.82) is 5.26 Å². The summed E-state index contributed by atoms with van der Waals surface area (Å²) < 4.78 is 0. The first-order valence-corrected chi connectivity index (χ1v) is 8.46. The van der Waals surface area contributed by atoms with Gasteiger partial charge >= 0.3 is 6.03 Å². The van der Waals surface area contributed by atoms with Crippen molar-refractivity contribution in [1.82, 2.24) is 4.90 Å². The van der Waals surface area contributed by atoms with E-state index in [1.165, 1.54) is 12.1 Å². The zero-order valence-electron chi connectivity index (χ0n) is 14.2. The van der Waals surface area contributed by atoms with E-state index in [2.05, 4.69) is 5.32 Å². The van der Waals surface area contributed by atoms with Gasteiger partial charge in [-0.3, -0.25) is 4.79 Å². The molecule has 6 heteroatoms. The third-order valence-corrected chi connectivity index (χ3v) is 4.57. The normalized spacial score (nSPS) is 14.5. The number of urea groups is 1. The van der Waals surface area contributed by atoms with Crippen LogP contribution in [0.5, 0.6) is 5.75 Å². The number of aromatic hydroxyl groups is 1. The van der Waals surface area contributed by atoms with E-state index in [0.717, 1.165) is 0 Å². The number of benzene rings is 2. The zero-order valence-corrected chi connectivity index (χ0v) is 14.2. The number of nitrogens with one attached hydrogen (secondary N) is 1. The third kappa shape index (κ3) is 4.01. The molecule has 1 heterocycles. The number of piperidine rings is 1. The van der Waals surface area contributed by atoms with Crippen LogP contribution in [0.15, 0.2) is 48.5 Å². The zero-order chi connectivity index (χ0) is 18.5. The number of rotatable bonds is 3. The summed E-state index contributed by atoms with van der Waals surface area (Å²) in [6, 6.07) is 14.8. The molecular formula is C20H19N3O3. The molecule has 0 atom stereocenters. The van der Waals surface area contributed by atoms with E-state index in [0.29, 0.717) is 42.7 Å². The summed E-state index contributed by atoms with van der Waals surface area (Å²) >= 11 is 0. The molecule has 2 aromatic rings. The van der Waals surface area contributed by atoms with E-state index in [1.54, 1.807) is 41.3 Å². The van der Waals surface area contributed by atoms with Crippen LogP contribution in [0.1, 0.15) is 28.8 Å². The van der Waals surface area contributed by atoms with E-state index >= 15 is 0 Å². The topological polar surface area (TPSA) is 93.4 Å². The van der Waals surface area contributed by atoms with Gasteiger partial charge in [0.25, 0.3) is 0 Å². The first kappa shape index (κ1) is 17.5. The Morgan fingerprint density at radius 2 is 1.65 bits per heavy atom. The van der Waals surface area contributed by atoms with Crippen molar-refractivity contribution in [2.24, 2.45) is 5.92 Å². The summed E-state index contributed by atoms with van der Waals surface area (Å²) in [6.45, 7) is 1.02. The monoisotopic (exact) mass is 349 g/mol. The summed E-state index contributed by atoms with van der Waals surface area (Å²) in [5.74, 6) is 0.0755. The molecule has 6 nitrogen and oxygen atoms in total. The van der Waals surface area contributed by atoms with Crippen molar-refractivity contribution in [3.8, 4) is 11.8 Å². The number of nitrogens with zero attached hydrogens (tertiary/aromatic N) is 2. The standard InChI is InChI=1S/C20H19N3O3/c21-13-14-1-5-17(6-2-14)22-20(26)23-11-9-16(10-12-23)19(25)15-3-7-18(24)8-4-15/h1-8,16,24H,9-12H2,(H,22,26). The Hall–Kier alpha value is -3.33. The lowest BCUT2D eigenvalue weighted by Crippen LogP contribution is -2.42. The molecular weight excluding hydrogens is 330 g/mol. The van der Waals surface area contributed by atoms with Crippen molar-refractivity contribution < 1.29 is 14.7 Å². The Morgan fingerprint density at radius 1 is 1.04 bits per heavy atom. The van der Waals surface area contributed by atoms with Crippen molar-refractivity contribution in [2.45, 2.75) is 12.8 Å². The van der Waals surface area contributed by atoms with Crippen molar-refractivity contribution >= 4 is 17.5 Å². The van der Waals surface area contributed by atoms with Crippen molar-refractivity contribution in [2.75, 3.05) is 18.4 Å². The first-order chi connectivity index (χ1) is 12.6. The van der Waals surface area contributed by atoms with Crippen LogP contribution in [-0.2, 0) is 0 Å². The number of likely N-dealkylation sites (tertiary alicyclic amines) is 1. The molecule has 3 rings (SSSR count). The van der Waals surface area contributed by atoms with Crippen LogP contribution in [-0.4, -0.2) is 34.9 Å². The Morgan fingerprint density at radius 3 is 2.23 bits per heavy atom. The number of Topliss-reactive ketones (excluding diaryl/α,β-unsaturated/α-hetero) is 1. The Balaban J connectivity index is 1.54. The molecule has 26 heavy (non-hydrogen) atoms. The second-order valence-corrected chi connectivity index (χ2v) is 6.29. The van der Waals surface area contributed by atoms with Crippen LogP contribution in [0.25, 0.3) is 0 Å². The fourth-order valence-corrected chi connectivity index (χ4v) is 3.04. The smallest absolute Gasteiger partial charge is 0.321 e. The maximum absolute atomic E-state index is 12.5. The molecule has 0 saturated carbocycles. The molecule has 2 amide bonds. The highest BCUT2D eigenvalue weighted by atomic mass is 16.3. The second-order valence-electron chi connectivity index (χ2n) is 6.29. The highest BCUT2D eigenvalue weighted by Gasteiger charge is 2.28. The van der Waals surface area contributed by atoms with E-state index in [-0.39, 0.29) is 23.5 Å². The average Bonchev–Trinajstić information content (AvgIpc) is 2.69. The Bertz CT molecular complexity index is 830. The molecule has 1 fully saturated rings. The molecule has 2 N–H and O–H groups in total. The number of hydrogen-bond donors (Lipinski definition) is 2. The van der Waals surface area contributed by atoms with Gasteiger partial charge in [0.1, 0.15) is 5.75 Å². The number of nitriles is 1. The van der Waals surface area contributed by atoms with Gasteiger partial charge in [-0.15, -0.1) is 0 Å². The molecule has 0 spiro atoms. The molecule has 0 aromatic heterocycles. The summed E-state index contributed by atoms with van der Waals surface area (Å²) in [6.07, 6.45) is 1.22. The lowest BCUT2D eigenvalue weighted by atomic mass is 9.89. The van der Waals surface area contributed by atoms with Crippen LogP contribution < -0.4 is 5.32 Å². The minimum absolute atomic E-state index is 0.0529. The number of carbonyl (C=O) groups is 2. The van der Waals surface area contributed by atoms with Gasteiger partial charge in [0.2, 0.25) is 0 Å². The SMILES string of the molecule is N#Cc1ccc(NC(=O)N2CCC(C(=O)c3ccc(O)cc3)CC2)cc1. The van der Waals surface area contributed by atoms with Gasteiger partial charge in [-0.2, -0.15) is 5.26 Å². The summed E-state index contributed by atoms with van der Waals surface area (Å²) in [7, 11) is 0. The molecule has 2 aromatic carbocycles. The van der Waals surface area contributed by atoms with Crippen molar-refractivity contribution in [3.05, 3.63) is 59.7 Å². The lowest BCUT2D eigenvalue weighted by Gasteiger charge is -2.31. The summed E-state index contributed by atoms with van der Waals surface area (Å²) in [5.41, 5.74) is 1.76. The van der Waals surface area contributed by atoms with Crippen LogP contribution in [0, 0.1) is 17.2 Å². The number of ketones is 1. The Labute approximate surface area is 151 Å². The van der Waals surface area contributed by atoms with E-state index in [9.17, 15) is 14.7 Å². The largest absolute Gasteiger partial charge is 0.508 e. The number of anilines is 1. The van der Waals surface area contributed by atoms with Gasteiger partial charge in [-0.05, 0) is 61.4 Å². The van der Waals surface area contributed by atoms with E-state index in [4.69, 9.17) is 5.26 Å². The molecule has 0 radical (unpaired) electrons. The van der Waals surface area contributed by atoms with Gasteiger partial charge < -0.3 is 15.3 Å². The number of amides is 2. The molecule has 1 aliphatic heterocycles. The first-order valence-electron chi connectivity index (χ1n) is 8.46. The minimum atomic E-state index is -0.203. The van der Waals surface area contributed by atoms with Crippen molar-refractivity contribution in [3.63, 3.8) is 0 Å². The highest BCUT2D eigenvalue weighted by molar-refractivity contribution is 5.98. The summed E-state index contributed by atoms with van der Waals surface area (Å²) in [4.78, 5) is 26.5. The van der Waals surface area contributed by atoms with Gasteiger partial charge in [-0.1, -0.05) is 0 Å². The van der Waals surface area contributed by atoms with Crippen LogP contribution in [0.4, 0.5) is 10.5 Å². The minimum Gasteiger partial charge on any atom is -0.508 e. The number of hydrogen-bond acceptors (Lipinski definition) is 4. The average molecular weight is 349 g/mol. The van der Waals surface area contributed by atoms with Crippen LogP contribution in [0.2, 0.25) is 0 Å². The molecule has 0 aliphatic carbocycles. The lowest BCUT2D eigenvalue weighted by molar-refractivity contribution is 0.0859.